The highest BCUT2D eigenvalue weighted by Crippen LogP contribution is 2.37. The third kappa shape index (κ3) is 5.59. The van der Waals surface area contributed by atoms with Crippen LogP contribution in [-0.4, -0.2) is 65.6 Å². The van der Waals surface area contributed by atoms with Crippen molar-refractivity contribution in [2.75, 3.05) is 44.2 Å². The van der Waals surface area contributed by atoms with E-state index in [1.165, 1.54) is 0 Å². The molecule has 194 valence electrons. The highest BCUT2D eigenvalue weighted by atomic mass is 19.1. The van der Waals surface area contributed by atoms with Gasteiger partial charge in [0, 0.05) is 44.8 Å². The van der Waals surface area contributed by atoms with Gasteiger partial charge in [0.15, 0.2) is 11.6 Å². The van der Waals surface area contributed by atoms with Crippen LogP contribution in [-0.2, 0) is 11.3 Å². The number of benzene rings is 2. The first-order valence-corrected chi connectivity index (χ1v) is 12.3. The van der Waals surface area contributed by atoms with Crippen molar-refractivity contribution in [2.24, 2.45) is 5.92 Å². The lowest BCUT2D eigenvalue weighted by Crippen LogP contribution is -2.59. The average Bonchev–Trinajstić information content (AvgIpc) is 2.88. The van der Waals surface area contributed by atoms with Gasteiger partial charge in [-0.1, -0.05) is 30.3 Å². The quantitative estimate of drug-likeness (QED) is 0.416. The number of ether oxygens (including phenoxy) is 1. The summed E-state index contributed by atoms with van der Waals surface area (Å²) in [6, 6.07) is 11.1. The largest absolute Gasteiger partial charge is 0.445 e. The van der Waals surface area contributed by atoms with E-state index in [1.807, 2.05) is 30.3 Å². The van der Waals surface area contributed by atoms with Crippen LogP contribution in [0.5, 0.6) is 0 Å². The minimum Gasteiger partial charge on any atom is -0.445 e. The van der Waals surface area contributed by atoms with Crippen LogP contribution < -0.4 is 4.90 Å². The van der Waals surface area contributed by atoms with Crippen molar-refractivity contribution < 1.29 is 23.2 Å². The van der Waals surface area contributed by atoms with Crippen molar-refractivity contribution in [3.63, 3.8) is 0 Å². The van der Waals surface area contributed by atoms with E-state index < -0.39 is 22.2 Å². The fourth-order valence-corrected chi connectivity index (χ4v) is 5.30. The van der Waals surface area contributed by atoms with E-state index in [0.717, 1.165) is 43.6 Å². The molecule has 0 saturated carbocycles. The number of amides is 1. The normalized spacial score (nSPS) is 17.8. The van der Waals surface area contributed by atoms with Crippen LogP contribution in [0.3, 0.4) is 0 Å². The number of hydrogen-bond donors (Lipinski definition) is 0. The molecule has 0 bridgehead atoms. The van der Waals surface area contributed by atoms with Crippen molar-refractivity contribution in [3.05, 3.63) is 69.8 Å². The number of carbonyl (C=O) groups is 1. The average molecular weight is 503 g/mol. The maximum absolute atomic E-state index is 14.5. The molecule has 0 aliphatic carbocycles. The van der Waals surface area contributed by atoms with Gasteiger partial charge in [-0.25, -0.2) is 13.6 Å². The third-order valence-corrected chi connectivity index (χ3v) is 7.58. The molecule has 0 N–H and O–H groups in total. The Morgan fingerprint density at radius 3 is 2.17 bits per heavy atom. The number of halogens is 2. The van der Waals surface area contributed by atoms with Gasteiger partial charge >= 0.3 is 6.09 Å². The number of anilines is 1. The predicted octanol–water partition coefficient (Wildman–Crippen LogP) is 4.82. The lowest BCUT2D eigenvalue weighted by Gasteiger charge is -2.50. The van der Waals surface area contributed by atoms with Gasteiger partial charge in [0.25, 0.3) is 5.69 Å². The van der Waals surface area contributed by atoms with Crippen LogP contribution in [0.2, 0.25) is 0 Å². The van der Waals surface area contributed by atoms with Gasteiger partial charge < -0.3 is 14.5 Å². The molecular formula is C26H32F2N4O4. The first-order chi connectivity index (χ1) is 17.2. The molecule has 2 fully saturated rings. The van der Waals surface area contributed by atoms with Gasteiger partial charge in [-0.3, -0.25) is 15.0 Å². The highest BCUT2D eigenvalue weighted by molar-refractivity contribution is 5.67. The molecule has 0 aromatic heterocycles. The van der Waals surface area contributed by atoms with E-state index in [4.69, 9.17) is 4.74 Å². The Balaban J connectivity index is 1.29. The Hall–Kier alpha value is -3.27. The molecule has 2 heterocycles. The number of non-ortho nitro benzene ring substituents is 1. The van der Waals surface area contributed by atoms with Crippen LogP contribution in [0.1, 0.15) is 32.3 Å². The summed E-state index contributed by atoms with van der Waals surface area (Å²) >= 11 is 0. The zero-order valence-corrected chi connectivity index (χ0v) is 20.7. The van der Waals surface area contributed by atoms with E-state index in [9.17, 15) is 23.7 Å². The van der Waals surface area contributed by atoms with Gasteiger partial charge in [0.2, 0.25) is 0 Å². The maximum Gasteiger partial charge on any atom is 0.410 e. The molecule has 0 spiro atoms. The molecule has 0 atom stereocenters. The van der Waals surface area contributed by atoms with Gasteiger partial charge in [0.1, 0.15) is 12.3 Å². The number of piperidine rings is 1. The summed E-state index contributed by atoms with van der Waals surface area (Å²) in [5.41, 5.74) is 0.0105. The molecule has 4 rings (SSSR count). The van der Waals surface area contributed by atoms with Crippen LogP contribution in [0, 0.1) is 27.7 Å². The number of carbonyl (C=O) groups excluding carboxylic acids is 1. The van der Waals surface area contributed by atoms with Crippen molar-refractivity contribution >= 4 is 17.5 Å². The second-order valence-electron chi connectivity index (χ2n) is 9.94. The van der Waals surface area contributed by atoms with Gasteiger partial charge in [-0.05, 0) is 38.2 Å². The molecule has 0 unspecified atom stereocenters. The molecular weight excluding hydrogens is 470 g/mol. The third-order valence-electron chi connectivity index (χ3n) is 7.58. The molecule has 2 aliphatic heterocycles. The zero-order chi connectivity index (χ0) is 25.9. The molecule has 10 heteroatoms. The summed E-state index contributed by atoms with van der Waals surface area (Å²) in [7, 11) is 0. The number of nitro groups is 1. The number of rotatable bonds is 6. The number of nitro benzene ring substituents is 1. The van der Waals surface area contributed by atoms with Crippen molar-refractivity contribution in [2.45, 2.75) is 38.8 Å². The molecule has 8 nitrogen and oxygen atoms in total. The number of hydrogen-bond acceptors (Lipinski definition) is 6. The van der Waals surface area contributed by atoms with Crippen molar-refractivity contribution in [1.82, 2.24) is 9.80 Å². The summed E-state index contributed by atoms with van der Waals surface area (Å²) in [5, 5.41) is 10.9. The Labute approximate surface area is 209 Å². The highest BCUT2D eigenvalue weighted by Gasteiger charge is 2.40. The Morgan fingerprint density at radius 1 is 1.03 bits per heavy atom. The Kier molecular flexibility index (Phi) is 7.73. The minimum atomic E-state index is -0.908. The SMILES string of the molecule is CC(C)(C1CCN(c2c(F)cc([N+](=O)[O-])cc2F)CC1)N1CCN(C(=O)OCc2ccccc2)CC1. The molecule has 2 aliphatic rings. The minimum absolute atomic E-state index is 0.154. The van der Waals surface area contributed by atoms with E-state index in [1.54, 1.807) is 9.80 Å². The first-order valence-electron chi connectivity index (χ1n) is 12.3. The zero-order valence-electron chi connectivity index (χ0n) is 20.7. The number of nitrogens with zero attached hydrogens (tertiary/aromatic N) is 4. The standard InChI is InChI=1S/C26H32F2N4O4/c1-26(2,31-14-12-30(13-15-31)25(33)36-18-19-6-4-3-5-7-19)20-8-10-29(11-9-20)24-22(27)16-21(32(34)35)17-23(24)28/h3-7,16-17,20H,8-15,18H2,1-2H3. The summed E-state index contributed by atoms with van der Waals surface area (Å²) in [6.07, 6.45) is 1.17. The fourth-order valence-electron chi connectivity index (χ4n) is 5.30. The summed E-state index contributed by atoms with van der Waals surface area (Å²) < 4.78 is 34.5. The van der Waals surface area contributed by atoms with Gasteiger partial charge in [-0.2, -0.15) is 0 Å². The topological polar surface area (TPSA) is 79.2 Å². The van der Waals surface area contributed by atoms with Crippen molar-refractivity contribution in [3.8, 4) is 0 Å². The van der Waals surface area contributed by atoms with Crippen LogP contribution in [0.4, 0.5) is 25.0 Å². The molecule has 2 saturated heterocycles. The van der Waals surface area contributed by atoms with Crippen molar-refractivity contribution in [1.29, 1.82) is 0 Å². The first kappa shape index (κ1) is 25.8. The lowest BCUT2D eigenvalue weighted by molar-refractivity contribution is -0.385. The molecule has 1 amide bonds. The van der Waals surface area contributed by atoms with Crippen LogP contribution in [0.25, 0.3) is 0 Å². The molecule has 2 aromatic carbocycles. The van der Waals surface area contributed by atoms with Crippen LogP contribution >= 0.6 is 0 Å². The number of piperazine rings is 1. The van der Waals surface area contributed by atoms with E-state index in [2.05, 4.69) is 18.7 Å². The second kappa shape index (κ2) is 10.8. The maximum atomic E-state index is 14.5. The van der Waals surface area contributed by atoms with E-state index in [-0.39, 0.29) is 23.9 Å². The molecule has 36 heavy (non-hydrogen) atoms. The monoisotopic (exact) mass is 502 g/mol. The Bertz CT molecular complexity index is 1060. The smallest absolute Gasteiger partial charge is 0.410 e. The summed E-state index contributed by atoms with van der Waals surface area (Å²) in [6.45, 7) is 8.15. The van der Waals surface area contributed by atoms with Crippen LogP contribution in [0.15, 0.2) is 42.5 Å². The Morgan fingerprint density at radius 2 is 1.61 bits per heavy atom. The summed E-state index contributed by atoms with van der Waals surface area (Å²) in [5.74, 6) is -1.51. The van der Waals surface area contributed by atoms with Gasteiger partial charge in [-0.15, -0.1) is 0 Å². The van der Waals surface area contributed by atoms with E-state index in [0.29, 0.717) is 32.1 Å². The summed E-state index contributed by atoms with van der Waals surface area (Å²) in [4.78, 5) is 28.3. The second-order valence-corrected chi connectivity index (χ2v) is 9.94. The van der Waals surface area contributed by atoms with Gasteiger partial charge in [0.05, 0.1) is 17.1 Å². The molecule has 0 radical (unpaired) electrons. The lowest BCUT2D eigenvalue weighted by atomic mass is 9.78. The molecule has 2 aromatic rings. The van der Waals surface area contributed by atoms with E-state index >= 15 is 0 Å². The predicted molar refractivity (Wildman–Crippen MR) is 132 cm³/mol. The fraction of sp³-hybridized carbons (Fsp3) is 0.500.